The van der Waals surface area contributed by atoms with Gasteiger partial charge in [0, 0.05) is 25.2 Å². The molecule has 0 amide bonds. The molecule has 3 rings (SSSR count). The Morgan fingerprint density at radius 3 is 2.37 bits per heavy atom. The normalized spacial score (nSPS) is 25.8. The quantitative estimate of drug-likeness (QED) is 0.816. The first-order chi connectivity index (χ1) is 12.5. The first kappa shape index (κ1) is 20.5. The second-order valence-electron chi connectivity index (χ2n) is 8.91. The van der Waals surface area contributed by atoms with E-state index in [0.717, 1.165) is 29.7 Å². The summed E-state index contributed by atoms with van der Waals surface area (Å²) >= 11 is 0. The van der Waals surface area contributed by atoms with Crippen molar-refractivity contribution in [3.63, 3.8) is 0 Å². The highest BCUT2D eigenvalue weighted by molar-refractivity contribution is 6.55. The zero-order valence-electron chi connectivity index (χ0n) is 17.3. The molecule has 148 valence electrons. The lowest BCUT2D eigenvalue weighted by Crippen LogP contribution is -2.41. The number of benzene rings is 1. The molecule has 0 aliphatic carbocycles. The summed E-state index contributed by atoms with van der Waals surface area (Å²) in [5.41, 5.74) is 2.06. The summed E-state index contributed by atoms with van der Waals surface area (Å²) < 4.78 is 27.6. The summed E-state index contributed by atoms with van der Waals surface area (Å²) in [6, 6.07) is 6.03. The van der Waals surface area contributed by atoms with Gasteiger partial charge in [0.25, 0.3) is 0 Å². The Hall–Kier alpha value is -1.21. The third-order valence-electron chi connectivity index (χ3n) is 6.08. The van der Waals surface area contributed by atoms with Crippen LogP contribution in [0.5, 0.6) is 0 Å². The van der Waals surface area contributed by atoms with E-state index in [1.807, 2.05) is 53.7 Å². The van der Waals surface area contributed by atoms with Crippen LogP contribution in [0.15, 0.2) is 23.9 Å². The average Bonchev–Trinajstić information content (AvgIpc) is 3.05. The molecule has 6 heteroatoms. The maximum atomic E-state index is 15.7. The summed E-state index contributed by atoms with van der Waals surface area (Å²) in [4.78, 5) is 2.09. The molecule has 0 spiro atoms. The molecule has 0 bridgehead atoms. The molecule has 1 aromatic carbocycles. The van der Waals surface area contributed by atoms with Crippen molar-refractivity contribution in [2.24, 2.45) is 0 Å². The lowest BCUT2D eigenvalue weighted by molar-refractivity contribution is 0.00578. The predicted molar refractivity (Wildman–Crippen MR) is 107 cm³/mol. The summed E-state index contributed by atoms with van der Waals surface area (Å²) in [7, 11) is -1.02. The Morgan fingerprint density at radius 2 is 1.85 bits per heavy atom. The molecule has 27 heavy (non-hydrogen) atoms. The Balaban J connectivity index is 1.99. The van der Waals surface area contributed by atoms with Crippen LogP contribution in [0.25, 0.3) is 5.57 Å². The fraction of sp³-hybridized carbons (Fsp3) is 0.619. The third kappa shape index (κ3) is 4.14. The van der Waals surface area contributed by atoms with E-state index in [4.69, 9.17) is 9.31 Å². The minimum Gasteiger partial charge on any atom is -0.398 e. The molecule has 2 aliphatic heterocycles. The Labute approximate surface area is 162 Å². The monoisotopic (exact) mass is 375 g/mol. The molecule has 1 unspecified atom stereocenters. The minimum atomic E-state index is -1.02. The zero-order valence-corrected chi connectivity index (χ0v) is 17.3. The van der Waals surface area contributed by atoms with Crippen LogP contribution < -0.4 is 0 Å². The van der Waals surface area contributed by atoms with Gasteiger partial charge in [0.1, 0.15) is 5.73 Å². The largest absolute Gasteiger partial charge is 0.525 e. The number of aliphatic hydroxyl groups is 1. The molecular weight excluding hydrogens is 344 g/mol. The molecule has 0 saturated carbocycles. The van der Waals surface area contributed by atoms with Crippen molar-refractivity contribution >= 4 is 12.7 Å². The van der Waals surface area contributed by atoms with Crippen molar-refractivity contribution in [1.82, 2.24) is 4.90 Å². The number of aliphatic hydroxyl groups excluding tert-OH is 1. The van der Waals surface area contributed by atoms with Crippen LogP contribution in [0, 0.1) is 13.8 Å². The van der Waals surface area contributed by atoms with E-state index in [1.165, 1.54) is 0 Å². The van der Waals surface area contributed by atoms with Gasteiger partial charge in [-0.1, -0.05) is 23.8 Å². The number of nitrogens with zero attached hydrogens (tertiary/aromatic N) is 1. The molecule has 2 fully saturated rings. The molecule has 0 aromatic heterocycles. The van der Waals surface area contributed by atoms with Crippen LogP contribution in [0.2, 0.25) is 0 Å². The highest BCUT2D eigenvalue weighted by Crippen LogP contribution is 2.40. The van der Waals surface area contributed by atoms with E-state index in [1.54, 1.807) is 0 Å². The van der Waals surface area contributed by atoms with Crippen molar-refractivity contribution < 1.29 is 18.8 Å². The van der Waals surface area contributed by atoms with Gasteiger partial charge in [-0.2, -0.15) is 0 Å². The summed E-state index contributed by atoms with van der Waals surface area (Å²) in [5, 5.41) is 9.86. The van der Waals surface area contributed by atoms with Gasteiger partial charge >= 0.3 is 7.12 Å². The summed E-state index contributed by atoms with van der Waals surface area (Å²) in [6.45, 7) is 13.5. The van der Waals surface area contributed by atoms with Gasteiger partial charge in [-0.05, 0) is 59.1 Å². The maximum Gasteiger partial charge on any atom is 0.525 e. The number of rotatable bonds is 4. The Bertz CT molecular complexity index is 731. The van der Waals surface area contributed by atoms with Crippen molar-refractivity contribution in [1.29, 1.82) is 0 Å². The van der Waals surface area contributed by atoms with Crippen molar-refractivity contribution in [2.75, 3.05) is 19.6 Å². The second-order valence-corrected chi connectivity index (χ2v) is 8.91. The van der Waals surface area contributed by atoms with E-state index in [2.05, 4.69) is 11.0 Å². The van der Waals surface area contributed by atoms with Gasteiger partial charge in [0.15, 0.2) is 0 Å². The van der Waals surface area contributed by atoms with Crippen LogP contribution in [-0.2, 0) is 9.31 Å². The SMILES string of the molecule is Cc1ccc(C(CN2CCC(O)C2)=C(F)B2OC(C)(C)C(C)(C)O2)c(C)c1. The highest BCUT2D eigenvalue weighted by atomic mass is 19.1. The van der Waals surface area contributed by atoms with E-state index in [9.17, 15) is 5.11 Å². The smallest absolute Gasteiger partial charge is 0.398 e. The van der Waals surface area contributed by atoms with Crippen LogP contribution >= 0.6 is 0 Å². The summed E-state index contributed by atoms with van der Waals surface area (Å²) in [6.07, 6.45) is 0.378. The zero-order chi connectivity index (χ0) is 20.0. The van der Waals surface area contributed by atoms with Gasteiger partial charge in [-0.15, -0.1) is 0 Å². The van der Waals surface area contributed by atoms with Crippen LogP contribution in [-0.4, -0.2) is 54.1 Å². The predicted octanol–water partition coefficient (Wildman–Crippen LogP) is 3.68. The lowest BCUT2D eigenvalue weighted by atomic mass is 9.81. The first-order valence-electron chi connectivity index (χ1n) is 9.72. The number of likely N-dealkylation sites (tertiary alicyclic amines) is 1. The number of hydrogen-bond donors (Lipinski definition) is 1. The van der Waals surface area contributed by atoms with Gasteiger partial charge < -0.3 is 14.4 Å². The van der Waals surface area contributed by atoms with Gasteiger partial charge in [0.05, 0.1) is 17.3 Å². The van der Waals surface area contributed by atoms with Crippen LogP contribution in [0.1, 0.15) is 50.8 Å². The number of halogens is 1. The molecule has 0 radical (unpaired) electrons. The topological polar surface area (TPSA) is 41.9 Å². The fourth-order valence-electron chi connectivity index (χ4n) is 3.71. The molecule has 1 aromatic rings. The van der Waals surface area contributed by atoms with E-state index in [0.29, 0.717) is 18.7 Å². The molecular formula is C21H31BFNO3. The first-order valence-corrected chi connectivity index (χ1v) is 9.72. The molecule has 2 saturated heterocycles. The molecule has 2 heterocycles. The third-order valence-corrected chi connectivity index (χ3v) is 6.08. The number of β-amino-alcohol motifs (C(OH)–C–C–N with tert-alkyl or cyclic N) is 1. The fourth-order valence-corrected chi connectivity index (χ4v) is 3.71. The van der Waals surface area contributed by atoms with Crippen molar-refractivity contribution in [2.45, 2.75) is 65.3 Å². The molecule has 1 N–H and O–H groups in total. The minimum absolute atomic E-state index is 0.342. The Morgan fingerprint density at radius 1 is 1.22 bits per heavy atom. The Kier molecular flexibility index (Phi) is 5.56. The molecule has 2 aliphatic rings. The van der Waals surface area contributed by atoms with Crippen molar-refractivity contribution in [3.05, 3.63) is 40.6 Å². The summed E-state index contributed by atoms with van der Waals surface area (Å²) in [5.74, 6) is 0. The molecule has 4 nitrogen and oxygen atoms in total. The van der Waals surface area contributed by atoms with E-state index in [-0.39, 0.29) is 11.8 Å². The number of hydrogen-bond acceptors (Lipinski definition) is 4. The van der Waals surface area contributed by atoms with Gasteiger partial charge in [-0.25, -0.2) is 4.39 Å². The number of aryl methyl sites for hydroxylation is 2. The standard InChI is InChI=1S/C21H31BFNO3/c1-14-7-8-17(15(2)11-14)18(13-24-10-9-16(25)12-24)19(23)22-26-20(3,4)21(5,6)27-22/h7-8,11,16,25H,9-10,12-13H2,1-6H3. The lowest BCUT2D eigenvalue weighted by Gasteiger charge is -2.32. The van der Waals surface area contributed by atoms with Crippen LogP contribution in [0.4, 0.5) is 4.39 Å². The average molecular weight is 375 g/mol. The van der Waals surface area contributed by atoms with E-state index < -0.39 is 18.3 Å². The van der Waals surface area contributed by atoms with E-state index >= 15 is 4.39 Å². The van der Waals surface area contributed by atoms with Gasteiger partial charge in [-0.3, -0.25) is 4.90 Å². The second kappa shape index (κ2) is 7.32. The highest BCUT2D eigenvalue weighted by Gasteiger charge is 2.53. The maximum absolute atomic E-state index is 15.7. The molecule has 1 atom stereocenters. The van der Waals surface area contributed by atoms with Crippen molar-refractivity contribution in [3.8, 4) is 0 Å². The van der Waals surface area contributed by atoms with Gasteiger partial charge in [0.2, 0.25) is 0 Å². The van der Waals surface area contributed by atoms with Crippen LogP contribution in [0.3, 0.4) is 0 Å².